The van der Waals surface area contributed by atoms with E-state index in [0.717, 1.165) is 25.7 Å². The van der Waals surface area contributed by atoms with Crippen LogP contribution in [0.1, 0.15) is 59.8 Å². The fraction of sp³-hybridized carbons (Fsp3) is 0.538. The van der Waals surface area contributed by atoms with Gasteiger partial charge in [-0.1, -0.05) is 101 Å². The zero-order valence-electron chi connectivity index (χ0n) is 18.4. The highest BCUT2D eigenvalue weighted by Crippen LogP contribution is 2.61. The summed E-state index contributed by atoms with van der Waals surface area (Å²) in [5.74, 6) is 0.245. The molecule has 0 aliphatic heterocycles. The standard InChI is InChI=1S/C26H36O2Si/c1-24(2,3)29(22-13-7-5-8-14-22,23-15-9-6-10-16-23)28-20-21-19-25(4)17-11-12-18-26(21,25)27/h5-10,13-16,21,27H,11-12,17-20H2,1-4H3/t21-,25-,26-/m0/s1. The van der Waals surface area contributed by atoms with Gasteiger partial charge >= 0.3 is 0 Å². The van der Waals surface area contributed by atoms with Crippen molar-refractivity contribution >= 4 is 18.7 Å². The lowest BCUT2D eigenvalue weighted by atomic mass is 9.46. The number of hydrogen-bond acceptors (Lipinski definition) is 2. The Hall–Kier alpha value is -1.42. The van der Waals surface area contributed by atoms with E-state index in [1.54, 1.807) is 0 Å². The van der Waals surface area contributed by atoms with Crippen LogP contribution in [0.5, 0.6) is 0 Å². The van der Waals surface area contributed by atoms with Crippen molar-refractivity contribution < 1.29 is 9.53 Å². The summed E-state index contributed by atoms with van der Waals surface area (Å²) in [6, 6.07) is 21.6. The zero-order chi connectivity index (χ0) is 20.8. The van der Waals surface area contributed by atoms with E-state index in [4.69, 9.17) is 4.43 Å². The SMILES string of the molecule is CC(C)(C)[Si](OC[C@@H]1C[C@]2(C)CCCC[C@]12O)(c1ccccc1)c1ccccc1. The van der Waals surface area contributed by atoms with Crippen LogP contribution >= 0.6 is 0 Å². The van der Waals surface area contributed by atoms with E-state index < -0.39 is 13.9 Å². The summed E-state index contributed by atoms with van der Waals surface area (Å²) < 4.78 is 7.11. The molecule has 3 heteroatoms. The Morgan fingerprint density at radius 3 is 1.93 bits per heavy atom. The first-order valence-corrected chi connectivity index (χ1v) is 13.1. The highest BCUT2D eigenvalue weighted by Gasteiger charge is 2.63. The molecule has 0 spiro atoms. The number of aliphatic hydroxyl groups is 1. The van der Waals surface area contributed by atoms with Crippen molar-refractivity contribution in [1.29, 1.82) is 0 Å². The predicted molar refractivity (Wildman–Crippen MR) is 123 cm³/mol. The van der Waals surface area contributed by atoms with E-state index in [2.05, 4.69) is 88.4 Å². The minimum absolute atomic E-state index is 0.0159. The van der Waals surface area contributed by atoms with Crippen molar-refractivity contribution in [3.63, 3.8) is 0 Å². The molecule has 0 saturated heterocycles. The molecule has 2 aromatic rings. The van der Waals surface area contributed by atoms with E-state index >= 15 is 0 Å². The van der Waals surface area contributed by atoms with Gasteiger partial charge in [-0.2, -0.15) is 0 Å². The average Bonchev–Trinajstić information content (AvgIpc) is 2.70. The maximum Gasteiger partial charge on any atom is 0.261 e. The molecule has 3 atom stereocenters. The fourth-order valence-corrected chi connectivity index (χ4v) is 10.8. The van der Waals surface area contributed by atoms with Gasteiger partial charge in [0.15, 0.2) is 0 Å². The zero-order valence-corrected chi connectivity index (χ0v) is 19.4. The van der Waals surface area contributed by atoms with Crippen LogP contribution in [0.4, 0.5) is 0 Å². The second kappa shape index (κ2) is 7.37. The van der Waals surface area contributed by atoms with E-state index in [1.807, 2.05) is 0 Å². The van der Waals surface area contributed by atoms with Crippen molar-refractivity contribution in [3.05, 3.63) is 60.7 Å². The smallest absolute Gasteiger partial charge is 0.261 e. The Kier molecular flexibility index (Phi) is 5.29. The third kappa shape index (κ3) is 3.22. The van der Waals surface area contributed by atoms with E-state index in [1.165, 1.54) is 16.8 Å². The first-order chi connectivity index (χ1) is 13.7. The number of rotatable bonds is 5. The second-order valence-corrected chi connectivity index (χ2v) is 14.9. The summed E-state index contributed by atoms with van der Waals surface area (Å²) in [6.45, 7) is 9.89. The molecule has 2 nitrogen and oxygen atoms in total. The third-order valence-corrected chi connectivity index (χ3v) is 12.9. The molecule has 0 amide bonds. The lowest BCUT2D eigenvalue weighted by molar-refractivity contribution is -0.237. The highest BCUT2D eigenvalue weighted by atomic mass is 28.4. The van der Waals surface area contributed by atoms with Crippen LogP contribution in [0.3, 0.4) is 0 Å². The molecule has 2 aliphatic carbocycles. The summed E-state index contributed by atoms with van der Waals surface area (Å²) >= 11 is 0. The number of hydrogen-bond donors (Lipinski definition) is 1. The second-order valence-electron chi connectivity index (χ2n) is 10.6. The largest absolute Gasteiger partial charge is 0.407 e. The van der Waals surface area contributed by atoms with Crippen molar-refractivity contribution in [2.75, 3.05) is 6.61 Å². The van der Waals surface area contributed by atoms with Gasteiger partial charge in [0.05, 0.1) is 5.60 Å². The van der Waals surface area contributed by atoms with Gasteiger partial charge in [-0.25, -0.2) is 0 Å². The third-order valence-electron chi connectivity index (χ3n) is 7.87. The average molecular weight is 409 g/mol. The van der Waals surface area contributed by atoms with Gasteiger partial charge in [-0.15, -0.1) is 0 Å². The molecule has 2 saturated carbocycles. The van der Waals surface area contributed by atoms with E-state index in [0.29, 0.717) is 6.61 Å². The summed E-state index contributed by atoms with van der Waals surface area (Å²) in [6.07, 6.45) is 5.56. The van der Waals surface area contributed by atoms with Crippen molar-refractivity contribution in [2.24, 2.45) is 11.3 Å². The maximum atomic E-state index is 11.5. The predicted octanol–water partition coefficient (Wildman–Crippen LogP) is 4.89. The van der Waals surface area contributed by atoms with Crippen LogP contribution in [0.2, 0.25) is 5.04 Å². The first kappa shape index (κ1) is 20.8. The molecular weight excluding hydrogens is 372 g/mol. The van der Waals surface area contributed by atoms with Gasteiger partial charge in [0, 0.05) is 12.5 Å². The molecule has 2 fully saturated rings. The molecule has 2 aromatic carbocycles. The Labute approximate surface area is 177 Å². The lowest BCUT2D eigenvalue weighted by Gasteiger charge is -2.63. The monoisotopic (exact) mass is 408 g/mol. The molecular formula is C26H36O2Si. The molecule has 0 radical (unpaired) electrons. The summed E-state index contributed by atoms with van der Waals surface area (Å²) in [4.78, 5) is 0. The van der Waals surface area contributed by atoms with Gasteiger partial charge < -0.3 is 9.53 Å². The van der Waals surface area contributed by atoms with Gasteiger partial charge in [0.2, 0.25) is 0 Å². The summed E-state index contributed by atoms with van der Waals surface area (Å²) in [5.41, 5.74) is -0.457. The van der Waals surface area contributed by atoms with Crippen molar-refractivity contribution in [2.45, 2.75) is 70.4 Å². The minimum Gasteiger partial charge on any atom is -0.407 e. The van der Waals surface area contributed by atoms with Crippen LogP contribution < -0.4 is 10.4 Å². The van der Waals surface area contributed by atoms with E-state index in [9.17, 15) is 5.11 Å². The van der Waals surface area contributed by atoms with Crippen LogP contribution in [-0.4, -0.2) is 25.6 Å². The molecule has 0 bridgehead atoms. The van der Waals surface area contributed by atoms with E-state index in [-0.39, 0.29) is 16.4 Å². The van der Waals surface area contributed by atoms with Crippen LogP contribution in [0, 0.1) is 11.3 Å². The van der Waals surface area contributed by atoms with Gasteiger partial charge in [-0.3, -0.25) is 0 Å². The van der Waals surface area contributed by atoms with Crippen molar-refractivity contribution in [1.82, 2.24) is 0 Å². The molecule has 0 heterocycles. The fourth-order valence-electron chi connectivity index (χ4n) is 6.17. The van der Waals surface area contributed by atoms with Crippen LogP contribution in [0.25, 0.3) is 0 Å². The molecule has 2 aliphatic rings. The maximum absolute atomic E-state index is 11.5. The summed E-state index contributed by atoms with van der Waals surface area (Å²) in [5, 5.41) is 14.1. The normalized spacial score (nSPS) is 29.8. The lowest BCUT2D eigenvalue weighted by Crippen LogP contribution is -2.70. The Morgan fingerprint density at radius 2 is 1.45 bits per heavy atom. The quantitative estimate of drug-likeness (QED) is 0.714. The Morgan fingerprint density at radius 1 is 0.931 bits per heavy atom. The van der Waals surface area contributed by atoms with Gasteiger partial charge in [0.1, 0.15) is 0 Å². The Balaban J connectivity index is 1.70. The minimum atomic E-state index is -2.52. The molecule has 0 aromatic heterocycles. The molecule has 0 unspecified atom stereocenters. The van der Waals surface area contributed by atoms with Gasteiger partial charge in [-0.05, 0) is 40.1 Å². The topological polar surface area (TPSA) is 29.5 Å². The highest BCUT2D eigenvalue weighted by molar-refractivity contribution is 6.99. The molecule has 156 valence electrons. The van der Waals surface area contributed by atoms with Crippen LogP contribution in [0.15, 0.2) is 60.7 Å². The number of benzene rings is 2. The number of fused-ring (bicyclic) bond motifs is 1. The van der Waals surface area contributed by atoms with Crippen LogP contribution in [-0.2, 0) is 4.43 Å². The van der Waals surface area contributed by atoms with Gasteiger partial charge in [0.25, 0.3) is 8.32 Å². The molecule has 29 heavy (non-hydrogen) atoms. The Bertz CT molecular complexity index is 789. The van der Waals surface area contributed by atoms with Crippen molar-refractivity contribution in [3.8, 4) is 0 Å². The molecule has 4 rings (SSSR count). The summed E-state index contributed by atoms with van der Waals surface area (Å²) in [7, 11) is -2.52. The molecule has 1 N–H and O–H groups in total. The first-order valence-electron chi connectivity index (χ1n) is 11.2.